The lowest BCUT2D eigenvalue weighted by atomic mass is 9.68. The molecule has 0 aromatic carbocycles. The summed E-state index contributed by atoms with van der Waals surface area (Å²) in [6, 6.07) is 0. The molecule has 0 aromatic heterocycles. The van der Waals surface area contributed by atoms with Gasteiger partial charge >= 0.3 is 0 Å². The lowest BCUT2D eigenvalue weighted by molar-refractivity contribution is -0.128. The van der Waals surface area contributed by atoms with Gasteiger partial charge in [-0.1, -0.05) is 6.42 Å². The van der Waals surface area contributed by atoms with Crippen molar-refractivity contribution in [3.8, 4) is 0 Å². The molecule has 0 atom stereocenters. The van der Waals surface area contributed by atoms with Gasteiger partial charge in [0.1, 0.15) is 0 Å². The fraction of sp³-hybridized carbons (Fsp3) is 0.867. The minimum atomic E-state index is 0.140. The standard InChI is InChI=1S/C15H28N4O/c1-4-16-14(17-10-6-13(20)18(2)3)19-11-9-15(12-19)7-5-8-15/h4-12H2,1-3H3,(H,16,17). The predicted molar refractivity (Wildman–Crippen MR) is 81.8 cm³/mol. The van der Waals surface area contributed by atoms with Crippen molar-refractivity contribution in [2.24, 2.45) is 10.4 Å². The van der Waals surface area contributed by atoms with Crippen LogP contribution >= 0.6 is 0 Å². The Morgan fingerprint density at radius 2 is 2.10 bits per heavy atom. The quantitative estimate of drug-likeness (QED) is 0.624. The van der Waals surface area contributed by atoms with Gasteiger partial charge in [0.05, 0.1) is 6.54 Å². The minimum absolute atomic E-state index is 0.140. The Kier molecular flexibility index (Phi) is 4.89. The van der Waals surface area contributed by atoms with E-state index in [0.29, 0.717) is 18.4 Å². The highest BCUT2D eigenvalue weighted by Crippen LogP contribution is 2.47. The predicted octanol–water partition coefficient (Wildman–Crippen LogP) is 1.31. The van der Waals surface area contributed by atoms with E-state index in [1.807, 2.05) is 0 Å². The van der Waals surface area contributed by atoms with E-state index >= 15 is 0 Å². The van der Waals surface area contributed by atoms with Crippen LogP contribution in [0.3, 0.4) is 0 Å². The summed E-state index contributed by atoms with van der Waals surface area (Å²) in [6.07, 6.45) is 5.93. The maximum Gasteiger partial charge on any atom is 0.223 e. The molecular weight excluding hydrogens is 252 g/mol. The summed E-state index contributed by atoms with van der Waals surface area (Å²) in [6.45, 7) is 5.79. The van der Waals surface area contributed by atoms with Gasteiger partial charge in [-0.2, -0.15) is 0 Å². The van der Waals surface area contributed by atoms with Gasteiger partial charge in [0, 0.05) is 40.2 Å². The number of rotatable bonds is 4. The minimum Gasteiger partial charge on any atom is -0.357 e. The Balaban J connectivity index is 1.88. The molecule has 0 aromatic rings. The highest BCUT2D eigenvalue weighted by molar-refractivity contribution is 5.81. The van der Waals surface area contributed by atoms with Gasteiger partial charge in [0.25, 0.3) is 0 Å². The fourth-order valence-corrected chi connectivity index (χ4v) is 3.11. The number of carbonyl (C=O) groups excluding carboxylic acids is 1. The Hall–Kier alpha value is -1.26. The molecule has 1 N–H and O–H groups in total. The van der Waals surface area contributed by atoms with Crippen LogP contribution in [0.25, 0.3) is 0 Å². The first-order valence-electron chi connectivity index (χ1n) is 7.80. The van der Waals surface area contributed by atoms with Crippen molar-refractivity contribution >= 4 is 11.9 Å². The van der Waals surface area contributed by atoms with Crippen molar-refractivity contribution in [3.05, 3.63) is 0 Å². The number of amides is 1. The third-order valence-corrected chi connectivity index (χ3v) is 4.57. The number of hydrogen-bond donors (Lipinski definition) is 1. The van der Waals surface area contributed by atoms with Crippen LogP contribution in [0.15, 0.2) is 4.99 Å². The SMILES string of the molecule is CCNC(=NCCC(=O)N(C)C)N1CCC2(CCC2)C1. The maximum absolute atomic E-state index is 11.6. The van der Waals surface area contributed by atoms with Gasteiger partial charge in [-0.05, 0) is 31.6 Å². The van der Waals surface area contributed by atoms with E-state index in [0.717, 1.165) is 25.6 Å². The largest absolute Gasteiger partial charge is 0.357 e. The number of aliphatic imine (C=N–C) groups is 1. The van der Waals surface area contributed by atoms with Crippen molar-refractivity contribution in [2.45, 2.75) is 39.0 Å². The van der Waals surface area contributed by atoms with Crippen LogP contribution in [0.1, 0.15) is 39.0 Å². The molecule has 5 heteroatoms. The third-order valence-electron chi connectivity index (χ3n) is 4.57. The summed E-state index contributed by atoms with van der Waals surface area (Å²) in [5, 5.41) is 3.36. The van der Waals surface area contributed by atoms with Crippen LogP contribution in [0.4, 0.5) is 0 Å². The molecule has 0 unspecified atom stereocenters. The molecule has 1 amide bonds. The van der Waals surface area contributed by atoms with Crippen molar-refractivity contribution in [1.29, 1.82) is 0 Å². The molecule has 114 valence electrons. The molecule has 20 heavy (non-hydrogen) atoms. The molecule has 1 spiro atoms. The Labute approximate surface area is 122 Å². The summed E-state index contributed by atoms with van der Waals surface area (Å²) in [7, 11) is 3.58. The van der Waals surface area contributed by atoms with E-state index in [4.69, 9.17) is 0 Å². The highest BCUT2D eigenvalue weighted by atomic mass is 16.2. The lowest BCUT2D eigenvalue weighted by Gasteiger charge is -2.38. The highest BCUT2D eigenvalue weighted by Gasteiger charge is 2.43. The molecule has 1 aliphatic heterocycles. The number of carbonyl (C=O) groups is 1. The first kappa shape index (κ1) is 15.1. The maximum atomic E-state index is 11.6. The zero-order chi connectivity index (χ0) is 14.6. The van der Waals surface area contributed by atoms with Gasteiger partial charge in [-0.3, -0.25) is 9.79 Å². The van der Waals surface area contributed by atoms with Crippen LogP contribution in [-0.4, -0.2) is 61.9 Å². The van der Waals surface area contributed by atoms with Gasteiger partial charge in [0.2, 0.25) is 5.91 Å². The summed E-state index contributed by atoms with van der Waals surface area (Å²) in [4.78, 5) is 20.2. The molecule has 0 radical (unpaired) electrons. The fourth-order valence-electron chi connectivity index (χ4n) is 3.11. The van der Waals surface area contributed by atoms with Crippen LogP contribution in [0.2, 0.25) is 0 Å². The van der Waals surface area contributed by atoms with Crippen molar-refractivity contribution in [1.82, 2.24) is 15.1 Å². The topological polar surface area (TPSA) is 47.9 Å². The van der Waals surface area contributed by atoms with E-state index in [9.17, 15) is 4.79 Å². The van der Waals surface area contributed by atoms with Crippen molar-refractivity contribution in [3.63, 3.8) is 0 Å². The second-order valence-electron chi connectivity index (χ2n) is 6.30. The zero-order valence-electron chi connectivity index (χ0n) is 13.1. The van der Waals surface area contributed by atoms with E-state index in [-0.39, 0.29) is 5.91 Å². The molecule has 1 saturated heterocycles. The molecule has 1 heterocycles. The molecule has 5 nitrogen and oxygen atoms in total. The van der Waals surface area contributed by atoms with Crippen LogP contribution in [-0.2, 0) is 4.79 Å². The molecule has 1 aliphatic carbocycles. The second-order valence-corrected chi connectivity index (χ2v) is 6.30. The monoisotopic (exact) mass is 280 g/mol. The normalized spacial score (nSPS) is 20.9. The van der Waals surface area contributed by atoms with Crippen LogP contribution < -0.4 is 5.32 Å². The zero-order valence-corrected chi connectivity index (χ0v) is 13.1. The van der Waals surface area contributed by atoms with Gasteiger partial charge in [-0.15, -0.1) is 0 Å². The van der Waals surface area contributed by atoms with E-state index in [1.165, 1.54) is 25.7 Å². The third kappa shape index (κ3) is 3.44. The number of guanidine groups is 1. The van der Waals surface area contributed by atoms with Crippen molar-refractivity contribution in [2.75, 3.05) is 40.3 Å². The van der Waals surface area contributed by atoms with E-state index in [1.54, 1.807) is 19.0 Å². The molecular formula is C15H28N4O. The first-order valence-corrected chi connectivity index (χ1v) is 7.80. The number of nitrogens with zero attached hydrogens (tertiary/aromatic N) is 3. The Morgan fingerprint density at radius 1 is 1.35 bits per heavy atom. The number of likely N-dealkylation sites (tertiary alicyclic amines) is 1. The van der Waals surface area contributed by atoms with E-state index in [2.05, 4.69) is 22.1 Å². The van der Waals surface area contributed by atoms with Crippen LogP contribution in [0, 0.1) is 5.41 Å². The van der Waals surface area contributed by atoms with E-state index < -0.39 is 0 Å². The molecule has 2 fully saturated rings. The Bertz CT molecular complexity index is 374. The van der Waals surface area contributed by atoms with Crippen LogP contribution in [0.5, 0.6) is 0 Å². The molecule has 2 aliphatic rings. The molecule has 0 bridgehead atoms. The van der Waals surface area contributed by atoms with Gasteiger partial charge in [-0.25, -0.2) is 0 Å². The lowest BCUT2D eigenvalue weighted by Crippen LogP contribution is -2.42. The summed E-state index contributed by atoms with van der Waals surface area (Å²) < 4.78 is 0. The van der Waals surface area contributed by atoms with Gasteiger partial charge in [0.15, 0.2) is 5.96 Å². The molecule has 1 saturated carbocycles. The Morgan fingerprint density at radius 3 is 2.60 bits per heavy atom. The second kappa shape index (κ2) is 6.46. The summed E-state index contributed by atoms with van der Waals surface area (Å²) in [5.74, 6) is 1.13. The first-order chi connectivity index (χ1) is 9.56. The van der Waals surface area contributed by atoms with Gasteiger partial charge < -0.3 is 15.1 Å². The molecule has 2 rings (SSSR count). The van der Waals surface area contributed by atoms with Crippen molar-refractivity contribution < 1.29 is 4.79 Å². The average Bonchev–Trinajstić information content (AvgIpc) is 2.82. The number of nitrogens with one attached hydrogen (secondary N) is 1. The summed E-state index contributed by atoms with van der Waals surface area (Å²) >= 11 is 0. The smallest absolute Gasteiger partial charge is 0.223 e. The average molecular weight is 280 g/mol. The number of hydrogen-bond acceptors (Lipinski definition) is 2. The summed E-state index contributed by atoms with van der Waals surface area (Å²) in [5.41, 5.74) is 0.579.